The van der Waals surface area contributed by atoms with Gasteiger partial charge in [0.2, 0.25) is 0 Å². The zero-order chi connectivity index (χ0) is 18.0. The van der Waals surface area contributed by atoms with E-state index in [4.69, 9.17) is 0 Å². The van der Waals surface area contributed by atoms with Crippen LogP contribution in [0.4, 0.5) is 0 Å². The van der Waals surface area contributed by atoms with E-state index in [0.717, 1.165) is 27.3 Å². The molecule has 1 nitrogen and oxygen atoms in total. The summed E-state index contributed by atoms with van der Waals surface area (Å²) in [5.74, 6) is 1.60. The molecule has 1 aromatic heterocycles. The summed E-state index contributed by atoms with van der Waals surface area (Å²) in [6.07, 6.45) is 5.28. The van der Waals surface area contributed by atoms with Gasteiger partial charge in [-0.3, -0.25) is 0 Å². The quantitative estimate of drug-likeness (QED) is 0.332. The number of aromatic nitrogens is 1. The maximum atomic E-state index is 3.63. The van der Waals surface area contributed by atoms with Crippen LogP contribution in [0.25, 0.3) is 21.8 Å². The van der Waals surface area contributed by atoms with Crippen LogP contribution in [0.2, 0.25) is 0 Å². The molecular weight excluding hydrogens is 438 g/mol. The molecule has 0 amide bonds. The van der Waals surface area contributed by atoms with Crippen molar-refractivity contribution in [3.05, 3.63) is 45.3 Å². The van der Waals surface area contributed by atoms with Gasteiger partial charge in [-0.2, -0.15) is 0 Å². The molecule has 0 N–H and O–H groups in total. The monoisotopic (exact) mass is 463 g/mol. The van der Waals surface area contributed by atoms with Crippen LogP contribution in [0.3, 0.4) is 0 Å². The minimum absolute atomic E-state index is 0.775. The van der Waals surface area contributed by atoms with E-state index in [1.807, 2.05) is 0 Å². The molecule has 3 heteroatoms. The highest BCUT2D eigenvalue weighted by molar-refractivity contribution is 9.10. The molecule has 1 atom stereocenters. The van der Waals surface area contributed by atoms with Gasteiger partial charge in [0.15, 0.2) is 0 Å². The highest BCUT2D eigenvalue weighted by Crippen LogP contribution is 2.33. The smallest absolute Gasteiger partial charge is 0.0492 e. The van der Waals surface area contributed by atoms with Crippen LogP contribution in [-0.2, 0) is 6.54 Å². The molecule has 3 aromatic rings. The van der Waals surface area contributed by atoms with Gasteiger partial charge in [0.25, 0.3) is 0 Å². The topological polar surface area (TPSA) is 4.93 Å². The number of hydrogen-bond acceptors (Lipinski definition) is 0. The van der Waals surface area contributed by atoms with Gasteiger partial charge >= 0.3 is 0 Å². The minimum Gasteiger partial charge on any atom is -0.340 e. The highest BCUT2D eigenvalue weighted by atomic mass is 79.9. The Morgan fingerprint density at radius 2 is 1.36 bits per heavy atom. The molecule has 0 aliphatic rings. The molecule has 0 aliphatic heterocycles. The lowest BCUT2D eigenvalue weighted by Crippen LogP contribution is -2.04. The van der Waals surface area contributed by atoms with E-state index in [0.29, 0.717) is 0 Å². The van der Waals surface area contributed by atoms with Crippen LogP contribution < -0.4 is 0 Å². The molecule has 25 heavy (non-hydrogen) atoms. The summed E-state index contributed by atoms with van der Waals surface area (Å²) >= 11 is 7.25. The molecule has 0 radical (unpaired) electrons. The third-order valence-electron chi connectivity index (χ3n) is 5.11. The Balaban J connectivity index is 1.85. The molecule has 3 rings (SSSR count). The van der Waals surface area contributed by atoms with Crippen LogP contribution in [0.15, 0.2) is 45.3 Å². The Morgan fingerprint density at radius 1 is 0.800 bits per heavy atom. The first-order valence-electron chi connectivity index (χ1n) is 9.32. The standard InChI is InChI=1S/C22H27Br2N/c1-15(2)5-4-6-16(3)11-12-25-21-9-7-17(23)13-19(21)20-14-18(24)8-10-22(20)25/h7-10,13-16H,4-6,11-12H2,1-3H3/t16-/m1/s1. The first kappa shape index (κ1) is 19.0. The van der Waals surface area contributed by atoms with Crippen molar-refractivity contribution in [2.75, 3.05) is 0 Å². The summed E-state index contributed by atoms with van der Waals surface area (Å²) in [4.78, 5) is 0. The number of hydrogen-bond donors (Lipinski definition) is 0. The molecule has 2 aromatic carbocycles. The molecule has 1 heterocycles. The second kappa shape index (κ2) is 8.26. The predicted octanol–water partition coefficient (Wildman–Crippen LogP) is 8.17. The number of aryl methyl sites for hydroxylation is 1. The molecule has 0 aliphatic carbocycles. The van der Waals surface area contributed by atoms with Gasteiger partial charge in [0.05, 0.1) is 0 Å². The van der Waals surface area contributed by atoms with E-state index in [9.17, 15) is 0 Å². The van der Waals surface area contributed by atoms with E-state index >= 15 is 0 Å². The largest absolute Gasteiger partial charge is 0.340 e. The zero-order valence-corrected chi connectivity index (χ0v) is 18.5. The molecule has 0 saturated carbocycles. The number of fused-ring (bicyclic) bond motifs is 3. The van der Waals surface area contributed by atoms with Crippen molar-refractivity contribution in [2.45, 2.75) is 53.0 Å². The summed E-state index contributed by atoms with van der Waals surface area (Å²) in [7, 11) is 0. The summed E-state index contributed by atoms with van der Waals surface area (Å²) in [6.45, 7) is 8.13. The van der Waals surface area contributed by atoms with E-state index in [1.54, 1.807) is 0 Å². The van der Waals surface area contributed by atoms with Crippen molar-refractivity contribution in [1.82, 2.24) is 4.57 Å². The first-order valence-corrected chi connectivity index (χ1v) is 10.9. The lowest BCUT2D eigenvalue weighted by Gasteiger charge is -2.14. The average Bonchev–Trinajstić information content (AvgIpc) is 2.85. The van der Waals surface area contributed by atoms with Gasteiger partial charge in [-0.15, -0.1) is 0 Å². The molecule has 0 bridgehead atoms. The average molecular weight is 465 g/mol. The van der Waals surface area contributed by atoms with E-state index < -0.39 is 0 Å². The second-order valence-electron chi connectivity index (χ2n) is 7.69. The second-order valence-corrected chi connectivity index (χ2v) is 9.52. The normalized spacial score (nSPS) is 13.2. The SMILES string of the molecule is CC(C)CCC[C@@H](C)CCn1c2ccc(Br)cc2c2cc(Br)ccc21. The van der Waals surface area contributed by atoms with Crippen molar-refractivity contribution in [3.63, 3.8) is 0 Å². The highest BCUT2D eigenvalue weighted by Gasteiger charge is 2.12. The van der Waals surface area contributed by atoms with Gasteiger partial charge in [0, 0.05) is 37.3 Å². The fourth-order valence-electron chi connectivity index (χ4n) is 3.66. The van der Waals surface area contributed by atoms with E-state index in [2.05, 4.69) is 93.6 Å². The van der Waals surface area contributed by atoms with Gasteiger partial charge in [-0.05, 0) is 54.7 Å². The fourth-order valence-corrected chi connectivity index (χ4v) is 4.38. The lowest BCUT2D eigenvalue weighted by molar-refractivity contribution is 0.419. The summed E-state index contributed by atoms with van der Waals surface area (Å²) in [5.41, 5.74) is 2.68. The zero-order valence-electron chi connectivity index (χ0n) is 15.4. The Labute approximate surface area is 168 Å². The van der Waals surface area contributed by atoms with Gasteiger partial charge < -0.3 is 4.57 Å². The maximum Gasteiger partial charge on any atom is 0.0492 e. The predicted molar refractivity (Wildman–Crippen MR) is 117 cm³/mol. The van der Waals surface area contributed by atoms with Crippen LogP contribution in [0.1, 0.15) is 46.5 Å². The fraction of sp³-hybridized carbons (Fsp3) is 0.455. The molecule has 0 spiro atoms. The van der Waals surface area contributed by atoms with Crippen molar-refractivity contribution in [3.8, 4) is 0 Å². The lowest BCUT2D eigenvalue weighted by atomic mass is 9.97. The molecule has 134 valence electrons. The summed E-state index contributed by atoms with van der Waals surface area (Å²) in [6, 6.07) is 13.3. The van der Waals surface area contributed by atoms with Gasteiger partial charge in [0.1, 0.15) is 0 Å². The minimum atomic E-state index is 0.775. The van der Waals surface area contributed by atoms with Crippen LogP contribution >= 0.6 is 31.9 Å². The Morgan fingerprint density at radius 3 is 1.88 bits per heavy atom. The number of halogens is 2. The first-order chi connectivity index (χ1) is 12.0. The maximum absolute atomic E-state index is 3.63. The van der Waals surface area contributed by atoms with Crippen molar-refractivity contribution in [2.24, 2.45) is 11.8 Å². The molecule has 0 unspecified atom stereocenters. The van der Waals surface area contributed by atoms with Gasteiger partial charge in [-0.25, -0.2) is 0 Å². The number of benzene rings is 2. The third-order valence-corrected chi connectivity index (χ3v) is 6.10. The van der Waals surface area contributed by atoms with Crippen molar-refractivity contribution in [1.29, 1.82) is 0 Å². The van der Waals surface area contributed by atoms with E-state index in [1.165, 1.54) is 47.5 Å². The summed E-state index contributed by atoms with van der Waals surface area (Å²) < 4.78 is 4.78. The van der Waals surface area contributed by atoms with Crippen molar-refractivity contribution >= 4 is 53.7 Å². The van der Waals surface area contributed by atoms with Crippen LogP contribution in [-0.4, -0.2) is 4.57 Å². The van der Waals surface area contributed by atoms with Crippen LogP contribution in [0.5, 0.6) is 0 Å². The number of nitrogens with zero attached hydrogens (tertiary/aromatic N) is 1. The molecular formula is C22H27Br2N. The Kier molecular flexibility index (Phi) is 6.27. The molecule has 0 saturated heterocycles. The van der Waals surface area contributed by atoms with Crippen molar-refractivity contribution < 1.29 is 0 Å². The van der Waals surface area contributed by atoms with Gasteiger partial charge in [-0.1, -0.05) is 71.9 Å². The Hall–Kier alpha value is -0.800. The Bertz CT molecular complexity index is 804. The molecule has 0 fully saturated rings. The third kappa shape index (κ3) is 4.49. The van der Waals surface area contributed by atoms with E-state index in [-0.39, 0.29) is 0 Å². The summed E-state index contributed by atoms with van der Waals surface area (Å²) in [5, 5.41) is 2.66. The van der Waals surface area contributed by atoms with Crippen LogP contribution in [0, 0.1) is 11.8 Å². The number of rotatable bonds is 7.